The highest BCUT2D eigenvalue weighted by molar-refractivity contribution is 5.98. The highest BCUT2D eigenvalue weighted by Crippen LogP contribution is 2.54. The summed E-state index contributed by atoms with van der Waals surface area (Å²) in [5.41, 5.74) is -2.22. The molecule has 9 nitrogen and oxygen atoms in total. The van der Waals surface area contributed by atoms with Gasteiger partial charge in [0.05, 0.1) is 29.8 Å². The Morgan fingerprint density at radius 1 is 1.04 bits per heavy atom. The first-order chi connectivity index (χ1) is 21.1. The van der Waals surface area contributed by atoms with Gasteiger partial charge in [-0.1, -0.05) is 11.6 Å². The fraction of sp³-hybridized carbons (Fsp3) is 0.310. The number of nitrogens with one attached hydrogen (secondary N) is 2. The zero-order valence-corrected chi connectivity index (χ0v) is 23.0. The Labute approximate surface area is 249 Å². The molecule has 2 saturated carbocycles. The van der Waals surface area contributed by atoms with Crippen molar-refractivity contribution in [2.24, 2.45) is 17.8 Å². The number of halogens is 7. The summed E-state index contributed by atoms with van der Waals surface area (Å²) in [6, 6.07) is 6.11. The number of ether oxygens (including phenoxy) is 1. The molecule has 3 N–H and O–H groups in total. The molecule has 0 radical (unpaired) electrons. The number of nitrogens with zero attached hydrogens (tertiary/aromatic N) is 2. The smallest absolute Gasteiger partial charge is 0.419 e. The van der Waals surface area contributed by atoms with Crippen LogP contribution in [-0.2, 0) is 11.0 Å². The van der Waals surface area contributed by atoms with E-state index in [0.717, 1.165) is 10.7 Å². The number of methoxy groups -OCH3 is 1. The molecule has 2 aliphatic carbocycles. The monoisotopic (exact) mass is 640 g/mol. The maximum atomic E-state index is 13.8. The zero-order chi connectivity index (χ0) is 32.8. The molecule has 1 heterocycles. The number of fused-ring (bicyclic) bond motifs is 2. The number of anilines is 1. The van der Waals surface area contributed by atoms with Crippen LogP contribution >= 0.6 is 0 Å². The van der Waals surface area contributed by atoms with Crippen LogP contribution in [0.25, 0.3) is 5.69 Å². The average Bonchev–Trinajstić information content (AvgIpc) is 3.64. The Hall–Kier alpha value is -4.89. The van der Waals surface area contributed by atoms with Gasteiger partial charge in [-0.05, 0) is 55.2 Å². The number of allylic oxidation sites excluding steroid dienone is 1. The molecule has 45 heavy (non-hydrogen) atoms. The lowest BCUT2D eigenvalue weighted by atomic mass is 9.83. The van der Waals surface area contributed by atoms with E-state index in [0.29, 0.717) is 12.1 Å². The molecule has 5 rings (SSSR count). The highest BCUT2D eigenvalue weighted by atomic mass is 19.4. The van der Waals surface area contributed by atoms with Crippen LogP contribution < -0.4 is 15.4 Å². The Bertz CT molecular complexity index is 1700. The van der Waals surface area contributed by atoms with E-state index in [-0.39, 0.29) is 47.2 Å². The maximum absolute atomic E-state index is 13.8. The van der Waals surface area contributed by atoms with Crippen molar-refractivity contribution in [3.05, 3.63) is 82.8 Å². The fourth-order valence-corrected chi connectivity index (χ4v) is 6.03. The number of hydrogen-bond donors (Lipinski definition) is 3. The molecule has 3 aromatic rings. The summed E-state index contributed by atoms with van der Waals surface area (Å²) in [5, 5.41) is 18.3. The molecule has 238 valence electrons. The molecule has 0 saturated heterocycles. The molecule has 2 unspecified atom stereocenters. The van der Waals surface area contributed by atoms with Crippen molar-refractivity contribution in [3.8, 4) is 11.6 Å². The van der Waals surface area contributed by atoms with Crippen molar-refractivity contribution in [1.82, 2.24) is 15.1 Å². The highest BCUT2D eigenvalue weighted by Gasteiger charge is 2.56. The van der Waals surface area contributed by atoms with Gasteiger partial charge in [-0.3, -0.25) is 9.59 Å². The second-order valence-corrected chi connectivity index (χ2v) is 10.5. The normalized spacial score (nSPS) is 22.0. The first-order valence-electron chi connectivity index (χ1n) is 13.3. The minimum atomic E-state index is -5.07. The van der Waals surface area contributed by atoms with E-state index in [9.17, 15) is 50.2 Å². The lowest BCUT2D eigenvalue weighted by Gasteiger charge is -2.30. The number of carboxylic acids is 1. The number of amides is 2. The molecule has 2 aromatic carbocycles. The molecular weight excluding hydrogens is 617 g/mol. The number of hydrogen-bond acceptors (Lipinski definition) is 5. The topological polar surface area (TPSA) is 123 Å². The summed E-state index contributed by atoms with van der Waals surface area (Å²) in [6.45, 7) is 0. The van der Waals surface area contributed by atoms with Crippen LogP contribution in [0.3, 0.4) is 0 Å². The summed E-state index contributed by atoms with van der Waals surface area (Å²) in [5.74, 6) is -8.10. The van der Waals surface area contributed by atoms with Gasteiger partial charge < -0.3 is 20.5 Å². The van der Waals surface area contributed by atoms with E-state index < -0.39 is 71.0 Å². The molecule has 0 spiro atoms. The van der Waals surface area contributed by atoms with Crippen molar-refractivity contribution in [2.45, 2.75) is 31.2 Å². The largest absolute Gasteiger partial charge is 0.479 e. The van der Waals surface area contributed by atoms with Crippen LogP contribution in [0.2, 0.25) is 0 Å². The van der Waals surface area contributed by atoms with E-state index in [2.05, 4.69) is 15.7 Å². The average molecular weight is 641 g/mol. The number of carbonyl (C=O) groups excluding carboxylic acids is 2. The standard InChI is InChI=1S/C29H23F7N4O5/c1-45-26-19(12-40(39-26)15-4-2-3-13(9-15)27(43)44)24(41)38-23-17-7-6-16(18(17)11-28(31,32)33)22(23)25(42)37-14-5-8-21(30)20(10-14)29(34,35)36/h2-5,8-12,16-17,22-23H,6-7H2,1H3,(H,37,42)(H,38,41)(H,43,44)/b18-11-/t16?,17?,22-,23+/m0/s1. The van der Waals surface area contributed by atoms with Crippen molar-refractivity contribution < 1.29 is 55.0 Å². The first-order valence-corrected chi connectivity index (χ1v) is 13.3. The Kier molecular flexibility index (Phi) is 8.10. The van der Waals surface area contributed by atoms with Crippen molar-refractivity contribution >= 4 is 23.5 Å². The quantitative estimate of drug-likeness (QED) is 0.228. The second-order valence-electron chi connectivity index (χ2n) is 10.5. The molecule has 2 fully saturated rings. The molecule has 2 aliphatic rings. The van der Waals surface area contributed by atoms with Crippen LogP contribution in [-0.4, -0.2) is 52.0 Å². The lowest BCUT2D eigenvalue weighted by molar-refractivity contribution is -0.140. The second kappa shape index (κ2) is 11.6. The van der Waals surface area contributed by atoms with E-state index >= 15 is 0 Å². The third-order valence-corrected chi connectivity index (χ3v) is 7.84. The first kappa shape index (κ1) is 31.5. The molecule has 2 bridgehead atoms. The summed E-state index contributed by atoms with van der Waals surface area (Å²) >= 11 is 0. The Balaban J connectivity index is 1.46. The summed E-state index contributed by atoms with van der Waals surface area (Å²) < 4.78 is 100. The minimum Gasteiger partial charge on any atom is -0.479 e. The lowest BCUT2D eigenvalue weighted by Crippen LogP contribution is -2.48. The predicted octanol–water partition coefficient (Wildman–Crippen LogP) is 5.62. The molecule has 1 aromatic heterocycles. The van der Waals surface area contributed by atoms with Crippen LogP contribution in [0, 0.1) is 23.6 Å². The van der Waals surface area contributed by atoms with Crippen molar-refractivity contribution in [1.29, 1.82) is 0 Å². The number of carboxylic acid groups (broad SMARTS) is 1. The number of aromatic carboxylic acids is 1. The zero-order valence-electron chi connectivity index (χ0n) is 23.0. The van der Waals surface area contributed by atoms with Crippen LogP contribution in [0.5, 0.6) is 5.88 Å². The van der Waals surface area contributed by atoms with Gasteiger partial charge in [-0.15, -0.1) is 5.10 Å². The van der Waals surface area contributed by atoms with Gasteiger partial charge in [-0.2, -0.15) is 26.3 Å². The van der Waals surface area contributed by atoms with Gasteiger partial charge in [0.25, 0.3) is 5.91 Å². The Morgan fingerprint density at radius 2 is 1.76 bits per heavy atom. The summed E-state index contributed by atoms with van der Waals surface area (Å²) in [4.78, 5) is 38.3. The van der Waals surface area contributed by atoms with E-state index in [4.69, 9.17) is 4.74 Å². The summed E-state index contributed by atoms with van der Waals surface area (Å²) in [7, 11) is 1.20. The van der Waals surface area contributed by atoms with Gasteiger partial charge in [0.1, 0.15) is 11.4 Å². The van der Waals surface area contributed by atoms with Crippen LogP contribution in [0.1, 0.15) is 39.1 Å². The van der Waals surface area contributed by atoms with E-state index in [1.807, 2.05) is 0 Å². The van der Waals surface area contributed by atoms with Crippen LogP contribution in [0.4, 0.5) is 36.4 Å². The predicted molar refractivity (Wildman–Crippen MR) is 142 cm³/mol. The molecule has 0 aliphatic heterocycles. The third-order valence-electron chi connectivity index (χ3n) is 7.84. The van der Waals surface area contributed by atoms with Gasteiger partial charge in [0.2, 0.25) is 11.8 Å². The van der Waals surface area contributed by atoms with E-state index in [1.165, 1.54) is 37.6 Å². The summed E-state index contributed by atoms with van der Waals surface area (Å²) in [6.07, 6.45) is -8.20. The maximum Gasteiger partial charge on any atom is 0.419 e. The molecule has 2 amide bonds. The third kappa shape index (κ3) is 6.35. The fourth-order valence-electron chi connectivity index (χ4n) is 6.03. The van der Waals surface area contributed by atoms with Gasteiger partial charge in [-0.25, -0.2) is 13.9 Å². The number of carbonyl (C=O) groups is 3. The molecule has 16 heteroatoms. The van der Waals surface area contributed by atoms with Gasteiger partial charge in [0.15, 0.2) is 0 Å². The SMILES string of the molecule is COc1nn(-c2cccc(C(=O)O)c2)cc1C(=O)N[C@@H]1C2CCC(/C2=C/C(F)(F)F)[C@@H]1C(=O)Nc1ccc(F)c(C(F)(F)F)c1. The number of benzene rings is 2. The minimum absolute atomic E-state index is 0.0729. The van der Waals surface area contributed by atoms with Crippen molar-refractivity contribution in [2.75, 3.05) is 12.4 Å². The van der Waals surface area contributed by atoms with Crippen molar-refractivity contribution in [3.63, 3.8) is 0 Å². The number of rotatable bonds is 7. The Morgan fingerprint density at radius 3 is 2.40 bits per heavy atom. The molecular formula is C29H23F7N4O5. The van der Waals surface area contributed by atoms with Crippen LogP contribution in [0.15, 0.2) is 60.3 Å². The van der Waals surface area contributed by atoms with E-state index in [1.54, 1.807) is 0 Å². The number of aromatic nitrogens is 2. The van der Waals surface area contributed by atoms with Gasteiger partial charge >= 0.3 is 18.3 Å². The molecule has 4 atom stereocenters. The van der Waals surface area contributed by atoms with Gasteiger partial charge in [0, 0.05) is 29.9 Å². The number of alkyl halides is 6.